The van der Waals surface area contributed by atoms with Crippen molar-refractivity contribution < 1.29 is 38.4 Å². The smallest absolute Gasteiger partial charge is 0.245 e. The summed E-state index contributed by atoms with van der Waals surface area (Å²) in [6.07, 6.45) is 2.00. The van der Waals surface area contributed by atoms with Crippen molar-refractivity contribution in [1.82, 2.24) is 31.5 Å². The van der Waals surface area contributed by atoms with E-state index in [-0.39, 0.29) is 94.7 Å². The van der Waals surface area contributed by atoms with Crippen LogP contribution in [0.3, 0.4) is 0 Å². The first-order valence-electron chi connectivity index (χ1n) is 22.9. The zero-order valence-corrected chi connectivity index (χ0v) is 39.0. The second kappa shape index (κ2) is 28.7. The van der Waals surface area contributed by atoms with Crippen LogP contribution < -0.4 is 61.0 Å². The molecule has 2 aromatic rings. The molecule has 0 bridgehead atoms. The molecule has 22 heteroatoms. The SMILES string of the molecule is CC(C)C[C@H](NC(=O)CCc1ccccc1)C(=O)N[C@@H](Cc1ccccc1)C(=O)N[C@@H](CCCN=C(N)N)C(=O)N1CCCC[C@H]1C(=O)N[C@@H](CCCN=C(N)N)C(=O)N[C@@H](CC(N)=O)C(N)=O. The van der Waals surface area contributed by atoms with Crippen molar-refractivity contribution in [2.45, 2.75) is 127 Å². The first-order valence-corrected chi connectivity index (χ1v) is 22.9. The molecule has 0 aromatic heterocycles. The summed E-state index contributed by atoms with van der Waals surface area (Å²) in [5.74, 6) is -6.07. The van der Waals surface area contributed by atoms with Gasteiger partial charge in [-0.05, 0) is 74.8 Å². The van der Waals surface area contributed by atoms with E-state index in [1.54, 1.807) is 30.3 Å². The van der Waals surface area contributed by atoms with Crippen LogP contribution in [0, 0.1) is 5.92 Å². The maximum Gasteiger partial charge on any atom is 0.245 e. The van der Waals surface area contributed by atoms with Gasteiger partial charge in [0.05, 0.1) is 6.42 Å². The van der Waals surface area contributed by atoms with Gasteiger partial charge in [0.15, 0.2) is 11.9 Å². The van der Waals surface area contributed by atoms with Crippen LogP contribution in [-0.2, 0) is 51.2 Å². The highest BCUT2D eigenvalue weighted by atomic mass is 16.2. The lowest BCUT2D eigenvalue weighted by molar-refractivity contribution is -0.146. The Labute approximate surface area is 397 Å². The lowest BCUT2D eigenvalue weighted by Crippen LogP contribution is -2.61. The predicted molar refractivity (Wildman–Crippen MR) is 256 cm³/mol. The number of carbonyl (C=O) groups excluding carboxylic acids is 8. The summed E-state index contributed by atoms with van der Waals surface area (Å²) < 4.78 is 0. The summed E-state index contributed by atoms with van der Waals surface area (Å²) in [5, 5.41) is 13.6. The van der Waals surface area contributed by atoms with Crippen molar-refractivity contribution in [3.63, 3.8) is 0 Å². The van der Waals surface area contributed by atoms with E-state index in [0.29, 0.717) is 24.8 Å². The number of primary amides is 2. The van der Waals surface area contributed by atoms with E-state index >= 15 is 0 Å². The Balaban J connectivity index is 1.91. The highest BCUT2D eigenvalue weighted by molar-refractivity contribution is 5.97. The van der Waals surface area contributed by atoms with Crippen molar-refractivity contribution in [2.24, 2.45) is 50.3 Å². The van der Waals surface area contributed by atoms with Gasteiger partial charge in [-0.2, -0.15) is 0 Å². The Morgan fingerprint density at radius 2 is 1.16 bits per heavy atom. The second-order valence-corrected chi connectivity index (χ2v) is 17.2. The van der Waals surface area contributed by atoms with Gasteiger partial charge in [0.25, 0.3) is 0 Å². The van der Waals surface area contributed by atoms with Gasteiger partial charge in [0, 0.05) is 32.5 Å². The molecule has 2 aromatic carbocycles. The molecule has 1 heterocycles. The Morgan fingerprint density at radius 3 is 1.72 bits per heavy atom. The number of hydrogen-bond donors (Lipinski definition) is 11. The molecule has 22 nitrogen and oxygen atoms in total. The van der Waals surface area contributed by atoms with Gasteiger partial charge in [-0.25, -0.2) is 0 Å². The molecule has 0 saturated carbocycles. The number of nitrogens with two attached hydrogens (primary N) is 6. The number of nitrogens with one attached hydrogen (secondary N) is 5. The summed E-state index contributed by atoms with van der Waals surface area (Å²) >= 11 is 0. The van der Waals surface area contributed by atoms with Crippen molar-refractivity contribution in [2.75, 3.05) is 19.6 Å². The van der Waals surface area contributed by atoms with E-state index in [4.69, 9.17) is 34.4 Å². The van der Waals surface area contributed by atoms with Crippen molar-refractivity contribution in [1.29, 1.82) is 0 Å². The van der Waals surface area contributed by atoms with Crippen molar-refractivity contribution >= 4 is 59.2 Å². The average Bonchev–Trinajstić information content (AvgIpc) is 3.29. The number of carbonyl (C=O) groups is 8. The molecule has 0 aliphatic carbocycles. The van der Waals surface area contributed by atoms with Crippen molar-refractivity contribution in [3.05, 3.63) is 71.8 Å². The molecule has 1 saturated heterocycles. The number of benzene rings is 2. The quantitative estimate of drug-likeness (QED) is 0.0255. The van der Waals surface area contributed by atoms with Gasteiger partial charge in [0.1, 0.15) is 36.3 Å². The number of hydrogen-bond acceptors (Lipinski definition) is 10. The zero-order valence-electron chi connectivity index (χ0n) is 39.0. The van der Waals surface area contributed by atoms with E-state index in [0.717, 1.165) is 5.56 Å². The fourth-order valence-corrected chi connectivity index (χ4v) is 7.64. The van der Waals surface area contributed by atoms with Crippen LogP contribution in [0.5, 0.6) is 0 Å². The number of guanidine groups is 2. The van der Waals surface area contributed by atoms with Gasteiger partial charge in [0.2, 0.25) is 47.3 Å². The van der Waals surface area contributed by atoms with Crippen LogP contribution in [-0.4, -0.2) is 120 Å². The third kappa shape index (κ3) is 20.1. The third-order valence-corrected chi connectivity index (χ3v) is 11.0. The number of aryl methyl sites for hydroxylation is 1. The first-order chi connectivity index (χ1) is 32.3. The molecular formula is C46H70N14O8. The molecule has 1 aliphatic rings. The summed E-state index contributed by atoms with van der Waals surface area (Å²) in [6, 6.07) is 11.1. The molecule has 68 heavy (non-hydrogen) atoms. The molecule has 1 aliphatic heterocycles. The molecule has 3 rings (SSSR count). The van der Waals surface area contributed by atoms with Crippen LogP contribution in [0.1, 0.15) is 89.2 Å². The Morgan fingerprint density at radius 1 is 0.632 bits per heavy atom. The second-order valence-electron chi connectivity index (χ2n) is 17.2. The van der Waals surface area contributed by atoms with Crippen LogP contribution in [0.2, 0.25) is 0 Å². The van der Waals surface area contributed by atoms with Gasteiger partial charge in [-0.1, -0.05) is 74.5 Å². The Hall–Kier alpha value is -7.26. The monoisotopic (exact) mass is 947 g/mol. The molecule has 17 N–H and O–H groups in total. The van der Waals surface area contributed by atoms with Gasteiger partial charge in [-0.3, -0.25) is 48.3 Å². The molecule has 0 radical (unpaired) electrons. The van der Waals surface area contributed by atoms with Crippen LogP contribution in [0.25, 0.3) is 0 Å². The highest BCUT2D eigenvalue weighted by Gasteiger charge is 2.39. The maximum absolute atomic E-state index is 14.7. The number of rotatable bonds is 28. The molecule has 8 amide bonds. The highest BCUT2D eigenvalue weighted by Crippen LogP contribution is 2.21. The number of nitrogens with zero attached hydrogens (tertiary/aromatic N) is 3. The van der Waals surface area contributed by atoms with E-state index in [9.17, 15) is 38.4 Å². The van der Waals surface area contributed by atoms with Gasteiger partial charge < -0.3 is 65.9 Å². The minimum atomic E-state index is -1.46. The number of amides is 8. The molecule has 0 unspecified atom stereocenters. The van der Waals surface area contributed by atoms with Crippen LogP contribution in [0.15, 0.2) is 70.6 Å². The Bertz CT molecular complexity index is 2060. The van der Waals surface area contributed by atoms with Crippen LogP contribution >= 0.6 is 0 Å². The largest absolute Gasteiger partial charge is 0.370 e. The fraction of sp³-hybridized carbons (Fsp3) is 0.522. The minimum absolute atomic E-state index is 0.00766. The summed E-state index contributed by atoms with van der Waals surface area (Å²) in [6.45, 7) is 4.13. The fourth-order valence-electron chi connectivity index (χ4n) is 7.64. The number of piperidine rings is 1. The van der Waals surface area contributed by atoms with E-state index < -0.39 is 84.0 Å². The standard InChI is InChI=1S/C46H70N14O8/c1-28(2)25-34(55-38(62)21-20-29-13-5-3-6-14-29)41(65)59-35(26-30-15-7-4-8-16-30)42(66)57-32(18-12-23-54-46(51)52)44(68)60-24-10-9-19-36(60)43(67)56-31(17-11-22-53-45(49)50)40(64)58-33(39(48)63)27-37(47)61/h3-8,13-16,28,31-36H,9-12,17-27H2,1-2H3,(H2,47,61)(H2,48,63)(H,55,62)(H,56,67)(H,57,66)(H,58,64)(H,59,65)(H4,49,50,53)(H4,51,52,54)/t31-,32-,33-,34-,35-,36-/m0/s1. The molecule has 1 fully saturated rings. The Kier molecular flexibility index (Phi) is 23.2. The molecule has 372 valence electrons. The molecule has 6 atom stereocenters. The number of aliphatic imine (C=N–C) groups is 2. The van der Waals surface area contributed by atoms with E-state index in [1.165, 1.54) is 4.90 Å². The molecule has 0 spiro atoms. The average molecular weight is 947 g/mol. The summed E-state index contributed by atoms with van der Waals surface area (Å²) in [4.78, 5) is 117. The normalized spacial score (nSPS) is 15.5. The topological polar surface area (TPSA) is 381 Å². The van der Waals surface area contributed by atoms with E-state index in [1.807, 2.05) is 44.2 Å². The first kappa shape index (κ1) is 55.1. The predicted octanol–water partition coefficient (Wildman–Crippen LogP) is -1.82. The van der Waals surface area contributed by atoms with Crippen LogP contribution in [0.4, 0.5) is 0 Å². The summed E-state index contributed by atoms with van der Waals surface area (Å²) in [7, 11) is 0. The van der Waals surface area contributed by atoms with Gasteiger partial charge >= 0.3 is 0 Å². The minimum Gasteiger partial charge on any atom is -0.370 e. The lowest BCUT2D eigenvalue weighted by Gasteiger charge is -2.38. The van der Waals surface area contributed by atoms with Gasteiger partial charge in [-0.15, -0.1) is 0 Å². The van der Waals surface area contributed by atoms with E-state index in [2.05, 4.69) is 36.6 Å². The zero-order chi connectivity index (χ0) is 50.2. The summed E-state index contributed by atoms with van der Waals surface area (Å²) in [5.41, 5.74) is 34.4. The molecular weight excluding hydrogens is 877 g/mol. The third-order valence-electron chi connectivity index (χ3n) is 11.0. The number of likely N-dealkylation sites (tertiary alicyclic amines) is 1. The lowest BCUT2D eigenvalue weighted by atomic mass is 9.97. The van der Waals surface area contributed by atoms with Crippen molar-refractivity contribution in [3.8, 4) is 0 Å². The maximum atomic E-state index is 14.7.